The van der Waals surface area contributed by atoms with Crippen LogP contribution in [0.1, 0.15) is 23.1 Å². The number of rotatable bonds is 5. The fourth-order valence-electron chi connectivity index (χ4n) is 4.02. The normalized spacial score (nSPS) is 22.8. The summed E-state index contributed by atoms with van der Waals surface area (Å²) in [4.78, 5) is 2.55. The third kappa shape index (κ3) is 3.40. The van der Waals surface area contributed by atoms with Crippen molar-refractivity contribution >= 4 is 5.57 Å². The maximum Gasteiger partial charge on any atom is 0.124 e. The minimum Gasteiger partial charge on any atom is -0.496 e. The summed E-state index contributed by atoms with van der Waals surface area (Å²) in [6.07, 6.45) is 3.29. The summed E-state index contributed by atoms with van der Waals surface area (Å²) in [5, 5.41) is 9.61. The van der Waals surface area contributed by atoms with Gasteiger partial charge in [-0.25, -0.2) is 0 Å². The van der Waals surface area contributed by atoms with E-state index in [-0.39, 0.29) is 12.6 Å². The van der Waals surface area contributed by atoms with Crippen molar-refractivity contribution in [2.24, 2.45) is 0 Å². The molecule has 2 aliphatic rings. The Hall–Kier alpha value is -2.14. The molecule has 2 aliphatic heterocycles. The van der Waals surface area contributed by atoms with Crippen LogP contribution in [0.2, 0.25) is 0 Å². The average molecular weight is 351 g/mol. The molecule has 2 atom stereocenters. The predicted octanol–water partition coefficient (Wildman–Crippen LogP) is 3.24. The number of methoxy groups -OCH3 is 1. The van der Waals surface area contributed by atoms with Crippen LogP contribution in [0.25, 0.3) is 5.57 Å². The largest absolute Gasteiger partial charge is 0.496 e. The van der Waals surface area contributed by atoms with Crippen molar-refractivity contribution in [2.45, 2.75) is 31.7 Å². The van der Waals surface area contributed by atoms with Crippen LogP contribution in [0.3, 0.4) is 0 Å². The third-order valence-corrected chi connectivity index (χ3v) is 5.37. The zero-order chi connectivity index (χ0) is 17.9. The van der Waals surface area contributed by atoms with Crippen LogP contribution in [0.4, 0.5) is 0 Å². The number of hydrogen-bond acceptors (Lipinski definition) is 4. The van der Waals surface area contributed by atoms with E-state index in [1.165, 1.54) is 16.7 Å². The molecule has 0 spiro atoms. The van der Waals surface area contributed by atoms with E-state index in [1.54, 1.807) is 7.11 Å². The number of aliphatic hydroxyl groups is 1. The van der Waals surface area contributed by atoms with Gasteiger partial charge in [-0.2, -0.15) is 0 Å². The minimum absolute atomic E-state index is 0.0135. The molecule has 2 aromatic carbocycles. The van der Waals surface area contributed by atoms with Gasteiger partial charge in [0.05, 0.1) is 33.0 Å². The quantitative estimate of drug-likeness (QED) is 0.898. The lowest BCUT2D eigenvalue weighted by molar-refractivity contribution is -0.0402. The van der Waals surface area contributed by atoms with Gasteiger partial charge in [0.2, 0.25) is 0 Å². The van der Waals surface area contributed by atoms with Gasteiger partial charge in [-0.3, -0.25) is 4.90 Å². The zero-order valence-electron chi connectivity index (χ0n) is 15.1. The fraction of sp³-hybridized carbons (Fsp3) is 0.364. The molecule has 0 amide bonds. The molecule has 4 rings (SSSR count). The molecule has 0 aliphatic carbocycles. The van der Waals surface area contributed by atoms with Crippen LogP contribution >= 0.6 is 0 Å². The molecule has 26 heavy (non-hydrogen) atoms. The van der Waals surface area contributed by atoms with Crippen molar-refractivity contribution < 1.29 is 14.6 Å². The minimum atomic E-state index is -0.0135. The lowest BCUT2D eigenvalue weighted by Gasteiger charge is -2.45. The molecule has 0 aromatic heterocycles. The summed E-state index contributed by atoms with van der Waals surface area (Å²) in [5.74, 6) is 0.738. The van der Waals surface area contributed by atoms with Gasteiger partial charge in [0.15, 0.2) is 0 Å². The lowest BCUT2D eigenvalue weighted by Crippen LogP contribution is -2.53. The molecule has 0 radical (unpaired) electrons. The highest BCUT2D eigenvalue weighted by atomic mass is 16.5. The number of morpholine rings is 1. The van der Waals surface area contributed by atoms with E-state index in [0.717, 1.165) is 37.5 Å². The molecule has 4 heteroatoms. The standard InChI is InChI=1S/C22H25NO3/c1-25-22-8-7-17(9-19(22)13-24)18-10-20-14-26-15-21(11-18)23(20)12-16-5-3-2-4-6-16/h2-10,20-21,24H,11-15H2,1H3. The van der Waals surface area contributed by atoms with E-state index in [4.69, 9.17) is 9.47 Å². The maximum atomic E-state index is 9.61. The average Bonchev–Trinajstić information content (AvgIpc) is 2.68. The molecule has 2 unspecified atom stereocenters. The van der Waals surface area contributed by atoms with E-state index in [2.05, 4.69) is 47.4 Å². The summed E-state index contributed by atoms with van der Waals surface area (Å²) < 4.78 is 11.2. The molecule has 2 bridgehead atoms. The molecule has 1 saturated heterocycles. The van der Waals surface area contributed by atoms with Crippen LogP contribution in [0.15, 0.2) is 54.6 Å². The van der Waals surface area contributed by atoms with Crippen LogP contribution in [0.5, 0.6) is 5.75 Å². The monoisotopic (exact) mass is 351 g/mol. The Balaban J connectivity index is 1.60. The molecule has 2 aromatic rings. The molecule has 4 nitrogen and oxygen atoms in total. The highest BCUT2D eigenvalue weighted by Gasteiger charge is 2.34. The molecule has 2 heterocycles. The van der Waals surface area contributed by atoms with Crippen LogP contribution < -0.4 is 4.74 Å². The van der Waals surface area contributed by atoms with Crippen LogP contribution in [-0.4, -0.2) is 42.4 Å². The first-order valence-corrected chi connectivity index (χ1v) is 9.14. The van der Waals surface area contributed by atoms with Gasteiger partial charge >= 0.3 is 0 Å². The number of benzene rings is 2. The Kier molecular flexibility index (Phi) is 5.07. The SMILES string of the molecule is COc1ccc(C2=CC3COCC(C2)N3Cc2ccccc2)cc1CO. The molecule has 1 fully saturated rings. The number of fused-ring (bicyclic) bond motifs is 2. The van der Waals surface area contributed by atoms with Gasteiger partial charge in [-0.05, 0) is 35.3 Å². The number of aliphatic hydroxyl groups excluding tert-OH is 1. The lowest BCUT2D eigenvalue weighted by atomic mass is 9.88. The predicted molar refractivity (Wildman–Crippen MR) is 102 cm³/mol. The second kappa shape index (κ2) is 7.62. The molecule has 1 N–H and O–H groups in total. The molecule has 0 saturated carbocycles. The Labute approximate surface area is 154 Å². The second-order valence-corrected chi connectivity index (χ2v) is 7.00. The van der Waals surface area contributed by atoms with Crippen molar-refractivity contribution in [3.8, 4) is 5.75 Å². The van der Waals surface area contributed by atoms with E-state index in [1.807, 2.05) is 12.1 Å². The number of hydrogen-bond donors (Lipinski definition) is 1. The fourth-order valence-corrected chi connectivity index (χ4v) is 4.02. The second-order valence-electron chi connectivity index (χ2n) is 7.00. The van der Waals surface area contributed by atoms with Gasteiger partial charge in [-0.1, -0.05) is 42.5 Å². The Morgan fingerprint density at radius 2 is 2.00 bits per heavy atom. The summed E-state index contributed by atoms with van der Waals surface area (Å²) in [5.41, 5.74) is 4.68. The van der Waals surface area contributed by atoms with E-state index in [9.17, 15) is 5.11 Å². The van der Waals surface area contributed by atoms with E-state index >= 15 is 0 Å². The van der Waals surface area contributed by atoms with Gasteiger partial charge in [-0.15, -0.1) is 0 Å². The van der Waals surface area contributed by atoms with E-state index in [0.29, 0.717) is 6.04 Å². The van der Waals surface area contributed by atoms with Crippen LogP contribution in [-0.2, 0) is 17.9 Å². The van der Waals surface area contributed by atoms with Gasteiger partial charge in [0.1, 0.15) is 5.75 Å². The highest BCUT2D eigenvalue weighted by molar-refractivity contribution is 5.69. The Morgan fingerprint density at radius 1 is 1.15 bits per heavy atom. The topological polar surface area (TPSA) is 41.9 Å². The first-order valence-electron chi connectivity index (χ1n) is 9.14. The Bertz CT molecular complexity index is 787. The Morgan fingerprint density at radius 3 is 2.73 bits per heavy atom. The summed E-state index contributed by atoms with van der Waals surface area (Å²) in [6, 6.07) is 17.4. The first-order chi connectivity index (χ1) is 12.8. The number of ether oxygens (including phenoxy) is 2. The maximum absolute atomic E-state index is 9.61. The number of nitrogens with zero attached hydrogens (tertiary/aromatic N) is 1. The summed E-state index contributed by atoms with van der Waals surface area (Å²) in [6.45, 7) is 2.44. The van der Waals surface area contributed by atoms with Gasteiger partial charge < -0.3 is 14.6 Å². The first kappa shape index (κ1) is 17.3. The zero-order valence-corrected chi connectivity index (χ0v) is 15.1. The van der Waals surface area contributed by atoms with E-state index < -0.39 is 0 Å². The summed E-state index contributed by atoms with van der Waals surface area (Å²) in [7, 11) is 1.64. The van der Waals surface area contributed by atoms with Crippen molar-refractivity contribution in [1.29, 1.82) is 0 Å². The molecular formula is C22H25NO3. The molecular weight excluding hydrogens is 326 g/mol. The van der Waals surface area contributed by atoms with Crippen molar-refractivity contribution in [1.82, 2.24) is 4.90 Å². The smallest absolute Gasteiger partial charge is 0.124 e. The van der Waals surface area contributed by atoms with Gasteiger partial charge in [0.25, 0.3) is 0 Å². The molecule has 136 valence electrons. The van der Waals surface area contributed by atoms with Crippen molar-refractivity contribution in [3.05, 3.63) is 71.3 Å². The highest BCUT2D eigenvalue weighted by Crippen LogP contribution is 2.35. The summed E-state index contributed by atoms with van der Waals surface area (Å²) >= 11 is 0. The third-order valence-electron chi connectivity index (χ3n) is 5.37. The van der Waals surface area contributed by atoms with Crippen LogP contribution in [0, 0.1) is 0 Å². The van der Waals surface area contributed by atoms with Gasteiger partial charge in [0, 0.05) is 18.2 Å². The van der Waals surface area contributed by atoms with Crippen molar-refractivity contribution in [3.63, 3.8) is 0 Å². The van der Waals surface area contributed by atoms with Crippen molar-refractivity contribution in [2.75, 3.05) is 20.3 Å².